The molecule has 15 heavy (non-hydrogen) atoms. The van der Waals surface area contributed by atoms with Crippen LogP contribution in [0.25, 0.3) is 0 Å². The number of thioether (sulfide) groups is 1. The van der Waals surface area contributed by atoms with Crippen LogP contribution in [-0.4, -0.2) is 16.7 Å². The van der Waals surface area contributed by atoms with E-state index in [1.54, 1.807) is 6.07 Å². The summed E-state index contributed by atoms with van der Waals surface area (Å²) in [6.45, 7) is 4.31. The van der Waals surface area contributed by atoms with Crippen LogP contribution in [0.15, 0.2) is 24.3 Å². The first-order chi connectivity index (χ1) is 7.09. The summed E-state index contributed by atoms with van der Waals surface area (Å²) in [5.41, 5.74) is 0.800. The lowest BCUT2D eigenvalue weighted by Crippen LogP contribution is -2.39. The molecule has 1 aromatic rings. The molecule has 0 amide bonds. The summed E-state index contributed by atoms with van der Waals surface area (Å²) in [5, 5.41) is 3.50. The molecule has 0 spiro atoms. The van der Waals surface area contributed by atoms with Gasteiger partial charge in [0.2, 0.25) is 0 Å². The summed E-state index contributed by atoms with van der Waals surface area (Å²) in [7, 11) is 0. The number of hydrogen-bond acceptors (Lipinski definition) is 2. The van der Waals surface area contributed by atoms with Crippen LogP contribution in [0.4, 0.5) is 4.39 Å². The van der Waals surface area contributed by atoms with Crippen LogP contribution in [0.1, 0.15) is 19.4 Å². The monoisotopic (exact) mass is 225 g/mol. The number of halogens is 1. The molecule has 1 heterocycles. The van der Waals surface area contributed by atoms with Crippen molar-refractivity contribution in [3.63, 3.8) is 0 Å². The van der Waals surface area contributed by atoms with Crippen LogP contribution in [-0.2, 0) is 6.42 Å². The third-order valence-electron chi connectivity index (χ3n) is 2.69. The highest BCUT2D eigenvalue weighted by Crippen LogP contribution is 2.33. The Morgan fingerprint density at radius 2 is 2.27 bits per heavy atom. The molecule has 0 aromatic heterocycles. The SMILES string of the molecule is CC1CSC(C)(Cc2ccccc2F)N1. The van der Waals surface area contributed by atoms with E-state index in [1.807, 2.05) is 23.9 Å². The van der Waals surface area contributed by atoms with Crippen LogP contribution in [0.5, 0.6) is 0 Å². The van der Waals surface area contributed by atoms with E-state index in [0.717, 1.165) is 17.7 Å². The summed E-state index contributed by atoms with van der Waals surface area (Å²) >= 11 is 1.88. The van der Waals surface area contributed by atoms with Crippen molar-refractivity contribution in [3.05, 3.63) is 35.6 Å². The highest BCUT2D eigenvalue weighted by Gasteiger charge is 2.33. The van der Waals surface area contributed by atoms with Gasteiger partial charge in [0.15, 0.2) is 0 Å². The lowest BCUT2D eigenvalue weighted by molar-refractivity contribution is 0.472. The zero-order valence-corrected chi connectivity index (χ0v) is 9.90. The second-order valence-corrected chi connectivity index (χ2v) is 5.88. The Morgan fingerprint density at radius 1 is 1.53 bits per heavy atom. The van der Waals surface area contributed by atoms with Crippen LogP contribution < -0.4 is 5.32 Å². The van der Waals surface area contributed by atoms with E-state index in [2.05, 4.69) is 19.2 Å². The van der Waals surface area contributed by atoms with Gasteiger partial charge < -0.3 is 0 Å². The van der Waals surface area contributed by atoms with Crippen molar-refractivity contribution in [2.24, 2.45) is 0 Å². The molecule has 2 unspecified atom stereocenters. The van der Waals surface area contributed by atoms with Gasteiger partial charge in [0.25, 0.3) is 0 Å². The molecule has 0 aliphatic carbocycles. The molecule has 2 atom stereocenters. The number of rotatable bonds is 2. The van der Waals surface area contributed by atoms with Crippen LogP contribution in [0.3, 0.4) is 0 Å². The van der Waals surface area contributed by atoms with Crippen molar-refractivity contribution < 1.29 is 4.39 Å². The van der Waals surface area contributed by atoms with Crippen molar-refractivity contribution in [2.75, 3.05) is 5.75 Å². The quantitative estimate of drug-likeness (QED) is 0.830. The molecule has 1 saturated heterocycles. The Balaban J connectivity index is 2.12. The minimum absolute atomic E-state index is 0.0123. The molecule has 1 aliphatic rings. The van der Waals surface area contributed by atoms with Gasteiger partial charge in [-0.3, -0.25) is 5.32 Å². The number of hydrogen-bond donors (Lipinski definition) is 1. The van der Waals surface area contributed by atoms with Crippen molar-refractivity contribution in [1.82, 2.24) is 5.32 Å². The summed E-state index contributed by atoms with van der Waals surface area (Å²) in [6, 6.07) is 7.55. The van der Waals surface area contributed by atoms with Crippen LogP contribution in [0.2, 0.25) is 0 Å². The fourth-order valence-corrected chi connectivity index (χ4v) is 3.26. The summed E-state index contributed by atoms with van der Waals surface area (Å²) in [4.78, 5) is -0.0123. The second kappa shape index (κ2) is 4.14. The molecule has 2 rings (SSSR count). The topological polar surface area (TPSA) is 12.0 Å². The van der Waals surface area contributed by atoms with E-state index in [9.17, 15) is 4.39 Å². The van der Waals surface area contributed by atoms with Gasteiger partial charge in [0.1, 0.15) is 5.82 Å². The molecule has 3 heteroatoms. The Kier molecular flexibility index (Phi) is 3.03. The van der Waals surface area contributed by atoms with E-state index in [1.165, 1.54) is 6.07 Å². The summed E-state index contributed by atoms with van der Waals surface area (Å²) in [5.74, 6) is 1.01. The van der Waals surface area contributed by atoms with Gasteiger partial charge in [-0.15, -0.1) is 11.8 Å². The standard InChI is InChI=1S/C12H16FNS/c1-9-8-15-12(2,14-9)7-10-5-3-4-6-11(10)13/h3-6,9,14H,7-8H2,1-2H3. The van der Waals surface area contributed by atoms with E-state index >= 15 is 0 Å². The molecule has 1 aromatic carbocycles. The average molecular weight is 225 g/mol. The van der Waals surface area contributed by atoms with Crippen molar-refractivity contribution >= 4 is 11.8 Å². The molecule has 82 valence electrons. The lowest BCUT2D eigenvalue weighted by atomic mass is 10.1. The van der Waals surface area contributed by atoms with Crippen LogP contribution in [0, 0.1) is 5.82 Å². The average Bonchev–Trinajstić information content (AvgIpc) is 2.51. The molecule has 1 aliphatic heterocycles. The maximum absolute atomic E-state index is 13.5. The summed E-state index contributed by atoms with van der Waals surface area (Å²) < 4.78 is 13.5. The first kappa shape index (κ1) is 11.0. The minimum atomic E-state index is -0.0966. The molecule has 1 nitrogen and oxygen atoms in total. The van der Waals surface area contributed by atoms with E-state index in [-0.39, 0.29) is 10.7 Å². The predicted molar refractivity (Wildman–Crippen MR) is 63.6 cm³/mol. The second-order valence-electron chi connectivity index (χ2n) is 4.36. The van der Waals surface area contributed by atoms with Gasteiger partial charge in [-0.25, -0.2) is 4.39 Å². The number of benzene rings is 1. The third-order valence-corrected chi connectivity index (χ3v) is 4.26. The zero-order valence-electron chi connectivity index (χ0n) is 9.09. The van der Waals surface area contributed by atoms with E-state index in [0.29, 0.717) is 6.04 Å². The third kappa shape index (κ3) is 2.52. The Bertz CT molecular complexity index is 355. The van der Waals surface area contributed by atoms with Crippen LogP contribution >= 0.6 is 11.8 Å². The fourth-order valence-electron chi connectivity index (χ4n) is 2.02. The van der Waals surface area contributed by atoms with Gasteiger partial charge in [-0.2, -0.15) is 0 Å². The Hall–Kier alpha value is -0.540. The smallest absolute Gasteiger partial charge is 0.126 e. The predicted octanol–water partition coefficient (Wildman–Crippen LogP) is 2.81. The fraction of sp³-hybridized carbons (Fsp3) is 0.500. The lowest BCUT2D eigenvalue weighted by Gasteiger charge is -2.24. The minimum Gasteiger partial charge on any atom is -0.299 e. The normalized spacial score (nSPS) is 30.7. The van der Waals surface area contributed by atoms with Gasteiger partial charge in [0, 0.05) is 18.2 Å². The molecular formula is C12H16FNS. The van der Waals surface area contributed by atoms with Crippen molar-refractivity contribution in [3.8, 4) is 0 Å². The first-order valence-corrected chi connectivity index (χ1v) is 6.23. The van der Waals surface area contributed by atoms with E-state index < -0.39 is 0 Å². The van der Waals surface area contributed by atoms with Gasteiger partial charge >= 0.3 is 0 Å². The highest BCUT2D eigenvalue weighted by atomic mass is 32.2. The molecule has 0 saturated carbocycles. The zero-order chi connectivity index (χ0) is 10.9. The molecule has 0 radical (unpaired) electrons. The maximum Gasteiger partial charge on any atom is 0.126 e. The highest BCUT2D eigenvalue weighted by molar-refractivity contribution is 8.00. The van der Waals surface area contributed by atoms with Crippen molar-refractivity contribution in [1.29, 1.82) is 0 Å². The van der Waals surface area contributed by atoms with Crippen molar-refractivity contribution in [2.45, 2.75) is 31.2 Å². The molecule has 1 N–H and O–H groups in total. The molecule has 1 fully saturated rings. The van der Waals surface area contributed by atoms with E-state index in [4.69, 9.17) is 0 Å². The maximum atomic E-state index is 13.5. The van der Waals surface area contributed by atoms with Gasteiger partial charge in [-0.05, 0) is 25.5 Å². The molecular weight excluding hydrogens is 209 g/mol. The number of nitrogens with one attached hydrogen (secondary N) is 1. The van der Waals surface area contributed by atoms with Gasteiger partial charge in [0.05, 0.1) is 4.87 Å². The first-order valence-electron chi connectivity index (χ1n) is 5.24. The van der Waals surface area contributed by atoms with Gasteiger partial charge in [-0.1, -0.05) is 18.2 Å². The molecule has 0 bridgehead atoms. The summed E-state index contributed by atoms with van der Waals surface area (Å²) in [6.07, 6.45) is 0.745. The largest absolute Gasteiger partial charge is 0.299 e. The Labute approximate surface area is 94.5 Å². The Morgan fingerprint density at radius 3 is 2.87 bits per heavy atom.